The first-order chi connectivity index (χ1) is 9.83. The fourth-order valence-electron chi connectivity index (χ4n) is 1.93. The molecule has 0 saturated heterocycles. The fourth-order valence-corrected chi connectivity index (χ4v) is 2.71. The summed E-state index contributed by atoms with van der Waals surface area (Å²) in [6.45, 7) is 6.91. The molecule has 5 nitrogen and oxygen atoms in total. The second kappa shape index (κ2) is 6.41. The van der Waals surface area contributed by atoms with E-state index in [0.29, 0.717) is 13.1 Å². The van der Waals surface area contributed by atoms with Gasteiger partial charge in [-0.25, -0.2) is 4.98 Å². The molecule has 0 unspecified atom stereocenters. The number of nitrogens with zero attached hydrogens (tertiary/aromatic N) is 2. The highest BCUT2D eigenvalue weighted by Crippen LogP contribution is 2.24. The fraction of sp³-hybridized carbons (Fsp3) is 0.467. The van der Waals surface area contributed by atoms with Crippen LogP contribution in [0.3, 0.4) is 0 Å². The Morgan fingerprint density at radius 2 is 2.24 bits per heavy atom. The van der Waals surface area contributed by atoms with E-state index in [1.807, 2.05) is 50.2 Å². The van der Waals surface area contributed by atoms with Crippen molar-refractivity contribution in [1.82, 2.24) is 15.2 Å². The Balaban J connectivity index is 1.88. The maximum atomic E-state index is 11.9. The van der Waals surface area contributed by atoms with Gasteiger partial charge < -0.3 is 9.73 Å². The summed E-state index contributed by atoms with van der Waals surface area (Å²) in [6, 6.07) is 3.74. The number of hydrogen-bond donors (Lipinski definition) is 1. The van der Waals surface area contributed by atoms with E-state index < -0.39 is 0 Å². The summed E-state index contributed by atoms with van der Waals surface area (Å²) in [5.74, 6) is 0.797. The topological polar surface area (TPSA) is 58.4 Å². The molecule has 0 bridgehead atoms. The molecule has 1 N–H and O–H groups in total. The van der Waals surface area contributed by atoms with Crippen molar-refractivity contribution in [3.63, 3.8) is 0 Å². The molecule has 6 heteroatoms. The van der Waals surface area contributed by atoms with E-state index in [0.717, 1.165) is 16.5 Å². The van der Waals surface area contributed by atoms with Crippen LogP contribution in [0, 0.1) is 0 Å². The number of hydrogen-bond acceptors (Lipinski definition) is 5. The van der Waals surface area contributed by atoms with Gasteiger partial charge in [-0.2, -0.15) is 0 Å². The number of likely N-dealkylation sites (N-methyl/N-ethyl adjacent to an activating group) is 1. The van der Waals surface area contributed by atoms with E-state index in [2.05, 4.69) is 10.3 Å². The van der Waals surface area contributed by atoms with Crippen molar-refractivity contribution in [2.75, 3.05) is 13.6 Å². The van der Waals surface area contributed by atoms with Crippen LogP contribution >= 0.6 is 11.3 Å². The van der Waals surface area contributed by atoms with Gasteiger partial charge in [-0.05, 0) is 40.0 Å². The van der Waals surface area contributed by atoms with E-state index >= 15 is 0 Å². The lowest BCUT2D eigenvalue weighted by Crippen LogP contribution is -2.45. The number of nitrogens with one attached hydrogen (secondary N) is 1. The molecule has 1 amide bonds. The predicted octanol–water partition coefficient (Wildman–Crippen LogP) is 2.75. The maximum absolute atomic E-state index is 11.9. The minimum absolute atomic E-state index is 0.0199. The van der Waals surface area contributed by atoms with Crippen molar-refractivity contribution >= 4 is 17.2 Å². The van der Waals surface area contributed by atoms with Crippen molar-refractivity contribution in [2.24, 2.45) is 0 Å². The van der Waals surface area contributed by atoms with Crippen LogP contribution in [0.4, 0.5) is 0 Å². The van der Waals surface area contributed by atoms with E-state index in [9.17, 15) is 4.79 Å². The molecule has 0 aliphatic carbocycles. The summed E-state index contributed by atoms with van der Waals surface area (Å²) < 4.78 is 5.33. The second-order valence-corrected chi connectivity index (χ2v) is 6.95. The number of thiazole rings is 1. The third-order valence-corrected chi connectivity index (χ3v) is 3.55. The molecule has 0 aliphatic rings. The van der Waals surface area contributed by atoms with Gasteiger partial charge in [-0.3, -0.25) is 9.69 Å². The van der Waals surface area contributed by atoms with Gasteiger partial charge in [0.05, 0.1) is 18.5 Å². The average molecular weight is 307 g/mol. The van der Waals surface area contributed by atoms with E-state index in [4.69, 9.17) is 4.42 Å². The largest absolute Gasteiger partial charge is 0.462 e. The highest BCUT2D eigenvalue weighted by atomic mass is 32.1. The standard InChI is InChI=1S/C15H21N3O2S/c1-15(2,3)17-13(19)9-18(4)8-11-10-21-14(16-11)12-6-5-7-20-12/h5-7,10H,8-9H2,1-4H3,(H,17,19). The average Bonchev–Trinajstić information content (AvgIpc) is 2.94. The third-order valence-electron chi connectivity index (χ3n) is 2.64. The predicted molar refractivity (Wildman–Crippen MR) is 84.0 cm³/mol. The molecule has 2 aromatic rings. The molecule has 2 aromatic heterocycles. The molecule has 0 aliphatic heterocycles. The first kappa shape index (κ1) is 15.7. The smallest absolute Gasteiger partial charge is 0.234 e. The van der Waals surface area contributed by atoms with Gasteiger partial charge in [0.15, 0.2) is 10.8 Å². The van der Waals surface area contributed by atoms with Crippen LogP contribution in [0.5, 0.6) is 0 Å². The number of carbonyl (C=O) groups excluding carboxylic acids is 1. The molecule has 2 heterocycles. The van der Waals surface area contributed by atoms with Gasteiger partial charge in [0.2, 0.25) is 5.91 Å². The van der Waals surface area contributed by atoms with E-state index in [1.54, 1.807) is 17.6 Å². The number of aromatic nitrogens is 1. The molecule has 0 saturated carbocycles. The highest BCUT2D eigenvalue weighted by Gasteiger charge is 2.16. The van der Waals surface area contributed by atoms with Crippen LogP contribution in [0.25, 0.3) is 10.8 Å². The van der Waals surface area contributed by atoms with Crippen molar-refractivity contribution in [2.45, 2.75) is 32.9 Å². The Morgan fingerprint density at radius 1 is 1.48 bits per heavy atom. The maximum Gasteiger partial charge on any atom is 0.234 e. The lowest BCUT2D eigenvalue weighted by molar-refractivity contribution is -0.123. The molecular formula is C15H21N3O2S. The zero-order chi connectivity index (χ0) is 15.5. The Kier molecular flexibility index (Phi) is 4.80. The molecule has 0 spiro atoms. The van der Waals surface area contributed by atoms with Gasteiger partial charge in [-0.15, -0.1) is 11.3 Å². The zero-order valence-electron chi connectivity index (χ0n) is 12.8. The van der Waals surface area contributed by atoms with Crippen LogP contribution in [0.2, 0.25) is 0 Å². The lowest BCUT2D eigenvalue weighted by atomic mass is 10.1. The van der Waals surface area contributed by atoms with Crippen LogP contribution in [-0.2, 0) is 11.3 Å². The van der Waals surface area contributed by atoms with E-state index in [-0.39, 0.29) is 11.4 Å². The summed E-state index contributed by atoms with van der Waals surface area (Å²) in [4.78, 5) is 18.3. The summed E-state index contributed by atoms with van der Waals surface area (Å²) in [6.07, 6.45) is 1.64. The number of furan rings is 1. The number of amides is 1. The Bertz CT molecular complexity index is 584. The molecule has 2 rings (SSSR count). The summed E-state index contributed by atoms with van der Waals surface area (Å²) >= 11 is 1.55. The first-order valence-electron chi connectivity index (χ1n) is 6.81. The Labute approximate surface area is 129 Å². The number of carbonyl (C=O) groups is 1. The van der Waals surface area contributed by atoms with Crippen molar-refractivity contribution < 1.29 is 9.21 Å². The quantitative estimate of drug-likeness (QED) is 0.923. The highest BCUT2D eigenvalue weighted by molar-refractivity contribution is 7.13. The van der Waals surface area contributed by atoms with Gasteiger partial charge in [0.1, 0.15) is 0 Å². The first-order valence-corrected chi connectivity index (χ1v) is 7.69. The van der Waals surface area contributed by atoms with Crippen molar-refractivity contribution in [1.29, 1.82) is 0 Å². The van der Waals surface area contributed by atoms with Crippen LogP contribution in [0.1, 0.15) is 26.5 Å². The molecule has 0 aromatic carbocycles. The normalized spacial score (nSPS) is 11.9. The Hall–Kier alpha value is -1.66. The monoisotopic (exact) mass is 307 g/mol. The SMILES string of the molecule is CN(CC(=O)NC(C)(C)C)Cc1csc(-c2ccco2)n1. The summed E-state index contributed by atoms with van der Waals surface area (Å²) in [7, 11) is 1.91. The summed E-state index contributed by atoms with van der Waals surface area (Å²) in [5, 5.41) is 5.81. The van der Waals surface area contributed by atoms with Crippen LogP contribution in [-0.4, -0.2) is 34.9 Å². The van der Waals surface area contributed by atoms with Gasteiger partial charge in [0.25, 0.3) is 0 Å². The number of rotatable bonds is 5. The second-order valence-electron chi connectivity index (χ2n) is 6.09. The molecular weight excluding hydrogens is 286 g/mol. The zero-order valence-corrected chi connectivity index (χ0v) is 13.7. The minimum atomic E-state index is -0.203. The van der Waals surface area contributed by atoms with E-state index in [1.165, 1.54) is 0 Å². The third kappa shape index (κ3) is 4.99. The summed E-state index contributed by atoms with van der Waals surface area (Å²) in [5.41, 5.74) is 0.739. The minimum Gasteiger partial charge on any atom is -0.462 e. The molecule has 21 heavy (non-hydrogen) atoms. The Morgan fingerprint density at radius 3 is 2.86 bits per heavy atom. The molecule has 114 valence electrons. The van der Waals surface area contributed by atoms with Crippen molar-refractivity contribution in [3.8, 4) is 10.8 Å². The lowest BCUT2D eigenvalue weighted by Gasteiger charge is -2.23. The van der Waals surface area contributed by atoms with Gasteiger partial charge >= 0.3 is 0 Å². The molecule has 0 atom stereocenters. The molecule has 0 radical (unpaired) electrons. The van der Waals surface area contributed by atoms with Crippen molar-refractivity contribution in [3.05, 3.63) is 29.5 Å². The van der Waals surface area contributed by atoms with Gasteiger partial charge in [0, 0.05) is 17.5 Å². The molecule has 0 fully saturated rings. The van der Waals surface area contributed by atoms with Crippen LogP contribution in [0.15, 0.2) is 28.2 Å². The van der Waals surface area contributed by atoms with Crippen LogP contribution < -0.4 is 5.32 Å². The van der Waals surface area contributed by atoms with Gasteiger partial charge in [-0.1, -0.05) is 0 Å².